The van der Waals surface area contributed by atoms with Crippen molar-refractivity contribution in [3.8, 4) is 0 Å². The van der Waals surface area contributed by atoms with Crippen molar-refractivity contribution in [2.45, 2.75) is 45.3 Å². The van der Waals surface area contributed by atoms with Gasteiger partial charge in [0.2, 0.25) is 0 Å². The van der Waals surface area contributed by atoms with Crippen molar-refractivity contribution in [1.29, 1.82) is 0 Å². The number of carboxylic acids is 1. The Labute approximate surface area is 113 Å². The number of carboxylic acid groups (broad SMARTS) is 1. The van der Waals surface area contributed by atoms with E-state index in [4.69, 9.17) is 4.74 Å². The molecule has 6 nitrogen and oxygen atoms in total. The van der Waals surface area contributed by atoms with Crippen LogP contribution in [0.3, 0.4) is 0 Å². The molecule has 1 saturated heterocycles. The number of carbonyl (C=O) groups is 2. The molecule has 2 amide bonds. The summed E-state index contributed by atoms with van der Waals surface area (Å²) in [4.78, 5) is 25.0. The van der Waals surface area contributed by atoms with Crippen LogP contribution < -0.4 is 5.32 Å². The molecule has 6 heteroatoms. The van der Waals surface area contributed by atoms with E-state index in [2.05, 4.69) is 5.32 Å². The fourth-order valence-corrected chi connectivity index (χ4v) is 2.77. The first-order valence-corrected chi connectivity index (χ1v) is 6.84. The topological polar surface area (TPSA) is 78.9 Å². The highest BCUT2D eigenvalue weighted by Gasteiger charge is 2.44. The number of nitrogens with one attached hydrogen (secondary N) is 1. The van der Waals surface area contributed by atoms with Crippen LogP contribution in [0.4, 0.5) is 4.79 Å². The second-order valence-corrected chi connectivity index (χ2v) is 5.76. The Balaban J connectivity index is 1.85. The van der Waals surface area contributed by atoms with E-state index >= 15 is 0 Å². The minimum atomic E-state index is -0.803. The third-order valence-corrected chi connectivity index (χ3v) is 4.05. The molecular weight excluding hydrogens is 248 g/mol. The zero-order valence-corrected chi connectivity index (χ0v) is 11.5. The summed E-state index contributed by atoms with van der Waals surface area (Å²) in [6.45, 7) is 5.19. The molecule has 0 radical (unpaired) electrons. The predicted molar refractivity (Wildman–Crippen MR) is 68.9 cm³/mol. The van der Waals surface area contributed by atoms with Gasteiger partial charge in [0.15, 0.2) is 0 Å². The van der Waals surface area contributed by atoms with Gasteiger partial charge in [-0.3, -0.25) is 4.79 Å². The average molecular weight is 270 g/mol. The zero-order valence-electron chi connectivity index (χ0n) is 11.5. The molecule has 2 fully saturated rings. The van der Waals surface area contributed by atoms with Gasteiger partial charge in [-0.05, 0) is 26.7 Å². The Morgan fingerprint density at radius 3 is 2.32 bits per heavy atom. The number of nitrogens with zero attached hydrogens (tertiary/aromatic N) is 1. The number of hydrogen-bond donors (Lipinski definition) is 2. The molecule has 1 saturated carbocycles. The number of rotatable bonds is 3. The van der Waals surface area contributed by atoms with Crippen molar-refractivity contribution in [2.75, 3.05) is 19.6 Å². The van der Waals surface area contributed by atoms with Crippen LogP contribution >= 0.6 is 0 Å². The molecule has 2 atom stereocenters. The van der Waals surface area contributed by atoms with Gasteiger partial charge < -0.3 is 20.1 Å². The van der Waals surface area contributed by atoms with E-state index in [-0.39, 0.29) is 24.8 Å². The number of ether oxygens (including phenoxy) is 1. The third kappa shape index (κ3) is 3.00. The summed E-state index contributed by atoms with van der Waals surface area (Å²) >= 11 is 0. The molecule has 2 N–H and O–H groups in total. The molecule has 0 spiro atoms. The molecule has 1 aliphatic heterocycles. The van der Waals surface area contributed by atoms with Crippen LogP contribution in [0.5, 0.6) is 0 Å². The van der Waals surface area contributed by atoms with Gasteiger partial charge in [-0.25, -0.2) is 4.79 Å². The fourth-order valence-electron chi connectivity index (χ4n) is 2.77. The van der Waals surface area contributed by atoms with Gasteiger partial charge in [-0.15, -0.1) is 0 Å². The summed E-state index contributed by atoms with van der Waals surface area (Å²) in [5.41, 5.74) is -0.737. The lowest BCUT2D eigenvalue weighted by Gasteiger charge is -2.39. The SMILES string of the molecule is C[C@@H]1CN(C(=O)NCC2(C(=O)O)CCC2)C[C@H](C)O1. The van der Waals surface area contributed by atoms with Gasteiger partial charge in [0.05, 0.1) is 17.6 Å². The highest BCUT2D eigenvalue weighted by Crippen LogP contribution is 2.40. The second-order valence-electron chi connectivity index (χ2n) is 5.76. The van der Waals surface area contributed by atoms with E-state index in [0.717, 1.165) is 6.42 Å². The molecule has 0 unspecified atom stereocenters. The van der Waals surface area contributed by atoms with Crippen LogP contribution in [0.1, 0.15) is 33.1 Å². The van der Waals surface area contributed by atoms with Gasteiger partial charge in [0.1, 0.15) is 0 Å². The summed E-state index contributed by atoms with van der Waals surface area (Å²) in [6, 6.07) is -0.186. The van der Waals surface area contributed by atoms with Crippen LogP contribution in [0.25, 0.3) is 0 Å². The van der Waals surface area contributed by atoms with Gasteiger partial charge in [0.25, 0.3) is 0 Å². The van der Waals surface area contributed by atoms with Crippen molar-refractivity contribution in [2.24, 2.45) is 5.41 Å². The predicted octanol–water partition coefficient (Wildman–Crippen LogP) is 1.06. The molecule has 2 aliphatic rings. The maximum atomic E-state index is 12.1. The lowest BCUT2D eigenvalue weighted by molar-refractivity contribution is -0.153. The summed E-state index contributed by atoms with van der Waals surface area (Å²) in [5.74, 6) is -0.803. The summed E-state index contributed by atoms with van der Waals surface area (Å²) in [6.07, 6.45) is 2.27. The number of urea groups is 1. The van der Waals surface area contributed by atoms with Gasteiger partial charge in [0, 0.05) is 19.6 Å². The monoisotopic (exact) mass is 270 g/mol. The normalized spacial score (nSPS) is 29.5. The van der Waals surface area contributed by atoms with Crippen LogP contribution in [0.2, 0.25) is 0 Å². The molecule has 1 aliphatic carbocycles. The van der Waals surface area contributed by atoms with Gasteiger partial charge >= 0.3 is 12.0 Å². The Kier molecular flexibility index (Phi) is 3.99. The molecule has 0 aromatic rings. The highest BCUT2D eigenvalue weighted by atomic mass is 16.5. The smallest absolute Gasteiger partial charge is 0.317 e. The molecule has 2 rings (SSSR count). The molecule has 0 aromatic heterocycles. The van der Waals surface area contributed by atoms with Crippen LogP contribution in [0.15, 0.2) is 0 Å². The van der Waals surface area contributed by atoms with Crippen LogP contribution in [0, 0.1) is 5.41 Å². The second kappa shape index (κ2) is 5.36. The lowest BCUT2D eigenvalue weighted by atomic mass is 9.69. The van der Waals surface area contributed by atoms with Crippen molar-refractivity contribution >= 4 is 12.0 Å². The molecule has 0 aromatic carbocycles. The third-order valence-electron chi connectivity index (χ3n) is 4.05. The van der Waals surface area contributed by atoms with Gasteiger partial charge in [-0.1, -0.05) is 6.42 Å². The maximum Gasteiger partial charge on any atom is 0.317 e. The first kappa shape index (κ1) is 14.1. The summed E-state index contributed by atoms with van der Waals surface area (Å²) in [7, 11) is 0. The van der Waals surface area contributed by atoms with Crippen LogP contribution in [-0.4, -0.2) is 53.8 Å². The standard InChI is InChI=1S/C13H22N2O4/c1-9-6-15(7-10(2)19-9)12(18)14-8-13(11(16)17)4-3-5-13/h9-10H,3-8H2,1-2H3,(H,14,18)(H,16,17)/t9-,10+. The summed E-state index contributed by atoms with van der Waals surface area (Å²) < 4.78 is 5.57. The minimum Gasteiger partial charge on any atom is -0.481 e. The van der Waals surface area contributed by atoms with Gasteiger partial charge in [-0.2, -0.15) is 0 Å². The van der Waals surface area contributed by atoms with Crippen molar-refractivity contribution < 1.29 is 19.4 Å². The van der Waals surface area contributed by atoms with Crippen molar-refractivity contribution in [1.82, 2.24) is 10.2 Å². The molecular formula is C13H22N2O4. The van der Waals surface area contributed by atoms with E-state index in [1.54, 1.807) is 4.90 Å². The van der Waals surface area contributed by atoms with E-state index < -0.39 is 11.4 Å². The Morgan fingerprint density at radius 2 is 1.89 bits per heavy atom. The summed E-state index contributed by atoms with van der Waals surface area (Å²) in [5, 5.41) is 12.0. The molecule has 19 heavy (non-hydrogen) atoms. The quantitative estimate of drug-likeness (QED) is 0.803. The van der Waals surface area contributed by atoms with Crippen molar-refractivity contribution in [3.63, 3.8) is 0 Å². The molecule has 0 bridgehead atoms. The average Bonchev–Trinajstić information content (AvgIpc) is 2.25. The number of morpholine rings is 1. The van der Waals surface area contributed by atoms with Crippen LogP contribution in [-0.2, 0) is 9.53 Å². The lowest BCUT2D eigenvalue weighted by Crippen LogP contribution is -2.55. The Hall–Kier alpha value is -1.30. The zero-order chi connectivity index (χ0) is 14.0. The first-order valence-electron chi connectivity index (χ1n) is 6.84. The number of amides is 2. The molecule has 108 valence electrons. The maximum absolute atomic E-state index is 12.1. The van der Waals surface area contributed by atoms with E-state index in [0.29, 0.717) is 25.9 Å². The van der Waals surface area contributed by atoms with Crippen molar-refractivity contribution in [3.05, 3.63) is 0 Å². The molecule has 1 heterocycles. The number of aliphatic carboxylic acids is 1. The highest BCUT2D eigenvalue weighted by molar-refractivity contribution is 5.79. The largest absolute Gasteiger partial charge is 0.481 e. The number of carbonyl (C=O) groups excluding carboxylic acids is 1. The number of hydrogen-bond acceptors (Lipinski definition) is 3. The Morgan fingerprint density at radius 1 is 1.32 bits per heavy atom. The van der Waals surface area contributed by atoms with E-state index in [1.807, 2.05) is 13.8 Å². The van der Waals surface area contributed by atoms with E-state index in [1.165, 1.54) is 0 Å². The Bertz CT molecular complexity index is 358. The van der Waals surface area contributed by atoms with E-state index in [9.17, 15) is 14.7 Å². The minimum absolute atomic E-state index is 0.0200. The fraction of sp³-hybridized carbons (Fsp3) is 0.846. The first-order chi connectivity index (χ1) is 8.93.